The van der Waals surface area contributed by atoms with Crippen molar-refractivity contribution >= 4 is 5.96 Å². The Balaban J connectivity index is 1.71. The molecule has 1 aliphatic rings. The van der Waals surface area contributed by atoms with Crippen molar-refractivity contribution in [3.63, 3.8) is 0 Å². The molecule has 4 nitrogen and oxygen atoms in total. The normalized spacial score (nSPS) is 18.8. The predicted molar refractivity (Wildman–Crippen MR) is 82.7 cm³/mol. The van der Waals surface area contributed by atoms with Gasteiger partial charge in [0.1, 0.15) is 0 Å². The first-order valence-corrected chi connectivity index (χ1v) is 7.48. The molecule has 0 atom stereocenters. The first-order chi connectivity index (χ1) is 9.68. The molecule has 0 saturated heterocycles. The van der Waals surface area contributed by atoms with Crippen LogP contribution in [0, 0.1) is 0 Å². The summed E-state index contributed by atoms with van der Waals surface area (Å²) in [5.41, 5.74) is 6.48. The summed E-state index contributed by atoms with van der Waals surface area (Å²) in [6.07, 6.45) is 6.00. The van der Waals surface area contributed by atoms with E-state index in [1.54, 1.807) is 0 Å². The van der Waals surface area contributed by atoms with E-state index in [-0.39, 0.29) is 0 Å². The monoisotopic (exact) mass is 275 g/mol. The smallest absolute Gasteiger partial charge is 0.188 e. The Hall–Kier alpha value is -1.55. The summed E-state index contributed by atoms with van der Waals surface area (Å²) >= 11 is 0. The Kier molecular flexibility index (Phi) is 5.41. The standard InChI is InChI=1S/C16H25N3O/c17-15(18-12-9-14-7-3-1-4-8-14)19-13-16(20)10-5-2-6-11-16/h1,3-4,7-8,20H,2,5-6,9-13H2,(H3,17,18,19). The summed E-state index contributed by atoms with van der Waals surface area (Å²) in [6.45, 7) is 1.18. The fraction of sp³-hybridized carbons (Fsp3) is 0.562. The third-order valence-electron chi connectivity index (χ3n) is 3.89. The number of hydrogen-bond acceptors (Lipinski definition) is 2. The van der Waals surface area contributed by atoms with Crippen molar-refractivity contribution in [3.8, 4) is 0 Å². The van der Waals surface area contributed by atoms with E-state index in [9.17, 15) is 5.11 Å². The fourth-order valence-electron chi connectivity index (χ4n) is 2.64. The Morgan fingerprint density at radius 3 is 2.60 bits per heavy atom. The molecular weight excluding hydrogens is 250 g/mol. The second kappa shape index (κ2) is 7.29. The lowest BCUT2D eigenvalue weighted by Gasteiger charge is -2.30. The van der Waals surface area contributed by atoms with Gasteiger partial charge in [-0.05, 0) is 24.8 Å². The van der Waals surface area contributed by atoms with Crippen molar-refractivity contribution in [2.45, 2.75) is 44.1 Å². The number of nitrogens with zero attached hydrogens (tertiary/aromatic N) is 1. The lowest BCUT2D eigenvalue weighted by Crippen LogP contribution is -2.38. The molecule has 0 bridgehead atoms. The molecule has 2 rings (SSSR count). The second-order valence-corrected chi connectivity index (χ2v) is 5.65. The zero-order valence-corrected chi connectivity index (χ0v) is 12.0. The van der Waals surface area contributed by atoms with Crippen LogP contribution in [0.1, 0.15) is 37.7 Å². The summed E-state index contributed by atoms with van der Waals surface area (Å²) in [5.74, 6) is 0.430. The van der Waals surface area contributed by atoms with Crippen LogP contribution in [0.4, 0.5) is 0 Å². The number of nitrogens with one attached hydrogen (secondary N) is 1. The van der Waals surface area contributed by atoms with Gasteiger partial charge < -0.3 is 16.2 Å². The van der Waals surface area contributed by atoms with Gasteiger partial charge in [0.25, 0.3) is 0 Å². The molecule has 20 heavy (non-hydrogen) atoms. The van der Waals surface area contributed by atoms with Crippen LogP contribution in [0.2, 0.25) is 0 Å². The molecule has 0 heterocycles. The van der Waals surface area contributed by atoms with E-state index >= 15 is 0 Å². The summed E-state index contributed by atoms with van der Waals surface area (Å²) < 4.78 is 0. The minimum Gasteiger partial charge on any atom is -0.388 e. The summed E-state index contributed by atoms with van der Waals surface area (Å²) in [7, 11) is 0. The lowest BCUT2D eigenvalue weighted by atomic mass is 9.85. The molecule has 110 valence electrons. The Bertz CT molecular complexity index is 425. The summed E-state index contributed by atoms with van der Waals surface area (Å²) in [5, 5.41) is 13.4. The highest BCUT2D eigenvalue weighted by molar-refractivity contribution is 5.77. The molecule has 0 aromatic heterocycles. The van der Waals surface area contributed by atoms with Crippen LogP contribution in [0.25, 0.3) is 0 Å². The Labute approximate surface area is 121 Å². The molecule has 0 amide bonds. The molecule has 4 N–H and O–H groups in total. The maximum Gasteiger partial charge on any atom is 0.188 e. The van der Waals surface area contributed by atoms with Gasteiger partial charge in [-0.15, -0.1) is 0 Å². The van der Waals surface area contributed by atoms with Gasteiger partial charge in [-0.2, -0.15) is 0 Å². The molecule has 0 radical (unpaired) electrons. The minimum atomic E-state index is -0.635. The Morgan fingerprint density at radius 2 is 1.90 bits per heavy atom. The first-order valence-electron chi connectivity index (χ1n) is 7.48. The fourth-order valence-corrected chi connectivity index (χ4v) is 2.64. The number of hydrogen-bond donors (Lipinski definition) is 3. The quantitative estimate of drug-likeness (QED) is 0.567. The highest BCUT2D eigenvalue weighted by Crippen LogP contribution is 2.27. The third kappa shape index (κ3) is 4.85. The van der Waals surface area contributed by atoms with Gasteiger partial charge >= 0.3 is 0 Å². The maximum atomic E-state index is 10.3. The average Bonchev–Trinajstić information content (AvgIpc) is 2.47. The van der Waals surface area contributed by atoms with Crippen molar-refractivity contribution in [2.24, 2.45) is 10.7 Å². The minimum absolute atomic E-state index is 0.414. The largest absolute Gasteiger partial charge is 0.388 e. The van der Waals surface area contributed by atoms with Crippen LogP contribution < -0.4 is 11.1 Å². The van der Waals surface area contributed by atoms with Crippen LogP contribution in [0.3, 0.4) is 0 Å². The number of rotatable bonds is 5. The van der Waals surface area contributed by atoms with Gasteiger partial charge in [0.15, 0.2) is 5.96 Å². The molecule has 0 spiro atoms. The molecule has 0 unspecified atom stereocenters. The molecule has 1 fully saturated rings. The first kappa shape index (κ1) is 14.9. The highest BCUT2D eigenvalue weighted by atomic mass is 16.3. The molecule has 1 aliphatic carbocycles. The van der Waals surface area contributed by atoms with E-state index in [4.69, 9.17) is 5.73 Å². The number of aliphatic imine (C=N–C) groups is 1. The van der Waals surface area contributed by atoms with Crippen molar-refractivity contribution in [1.29, 1.82) is 0 Å². The third-order valence-corrected chi connectivity index (χ3v) is 3.89. The van der Waals surface area contributed by atoms with Crippen LogP contribution in [0.15, 0.2) is 35.3 Å². The van der Waals surface area contributed by atoms with Crippen LogP contribution in [0.5, 0.6) is 0 Å². The molecule has 1 aromatic rings. The van der Waals surface area contributed by atoms with Crippen molar-refractivity contribution in [2.75, 3.05) is 13.1 Å². The summed E-state index contributed by atoms with van der Waals surface area (Å²) in [4.78, 5) is 4.28. The van der Waals surface area contributed by atoms with E-state index in [0.29, 0.717) is 12.5 Å². The molecular formula is C16H25N3O. The van der Waals surface area contributed by atoms with Crippen molar-refractivity contribution in [1.82, 2.24) is 5.32 Å². The van der Waals surface area contributed by atoms with Gasteiger partial charge in [0.2, 0.25) is 0 Å². The summed E-state index contributed by atoms with van der Waals surface area (Å²) in [6, 6.07) is 10.3. The van der Waals surface area contributed by atoms with E-state index < -0.39 is 5.60 Å². The van der Waals surface area contributed by atoms with Gasteiger partial charge in [-0.1, -0.05) is 49.6 Å². The van der Waals surface area contributed by atoms with Crippen LogP contribution in [-0.2, 0) is 6.42 Å². The topological polar surface area (TPSA) is 70.6 Å². The molecule has 1 aromatic carbocycles. The average molecular weight is 275 g/mol. The van der Waals surface area contributed by atoms with Gasteiger partial charge in [0, 0.05) is 6.54 Å². The lowest BCUT2D eigenvalue weighted by molar-refractivity contribution is 0.0132. The van der Waals surface area contributed by atoms with Crippen molar-refractivity contribution < 1.29 is 5.11 Å². The zero-order chi connectivity index (χ0) is 14.3. The van der Waals surface area contributed by atoms with Gasteiger partial charge in [-0.3, -0.25) is 4.99 Å². The van der Waals surface area contributed by atoms with Crippen LogP contribution in [-0.4, -0.2) is 29.8 Å². The number of guanidine groups is 1. The van der Waals surface area contributed by atoms with E-state index in [2.05, 4.69) is 22.4 Å². The van der Waals surface area contributed by atoms with Gasteiger partial charge in [0.05, 0.1) is 12.1 Å². The van der Waals surface area contributed by atoms with Crippen LogP contribution >= 0.6 is 0 Å². The molecule has 0 aliphatic heterocycles. The zero-order valence-electron chi connectivity index (χ0n) is 12.0. The SMILES string of the molecule is NC(=NCC1(O)CCCCC1)NCCc1ccccc1. The second-order valence-electron chi connectivity index (χ2n) is 5.65. The van der Waals surface area contributed by atoms with Crippen molar-refractivity contribution in [3.05, 3.63) is 35.9 Å². The Morgan fingerprint density at radius 1 is 1.20 bits per heavy atom. The molecule has 1 saturated carbocycles. The van der Waals surface area contributed by atoms with Gasteiger partial charge in [-0.25, -0.2) is 0 Å². The highest BCUT2D eigenvalue weighted by Gasteiger charge is 2.28. The van der Waals surface area contributed by atoms with E-state index in [1.807, 2.05) is 18.2 Å². The molecule has 4 heteroatoms. The maximum absolute atomic E-state index is 10.3. The number of nitrogens with two attached hydrogens (primary N) is 1. The number of benzene rings is 1. The predicted octanol–water partition coefficient (Wildman–Crippen LogP) is 1.83. The number of aliphatic hydroxyl groups is 1. The van der Waals surface area contributed by atoms with E-state index in [0.717, 1.165) is 38.6 Å². The van der Waals surface area contributed by atoms with E-state index in [1.165, 1.54) is 12.0 Å².